The minimum absolute atomic E-state index is 0.0325. The van der Waals surface area contributed by atoms with Gasteiger partial charge >= 0.3 is 5.97 Å². The average molecular weight is 441 g/mol. The zero-order chi connectivity index (χ0) is 16.0. The Kier molecular flexibility index (Phi) is 7.90. The summed E-state index contributed by atoms with van der Waals surface area (Å²) in [6, 6.07) is 1.10. The number of esters is 1. The van der Waals surface area contributed by atoms with Crippen LogP contribution in [0.5, 0.6) is 0 Å². The van der Waals surface area contributed by atoms with E-state index in [2.05, 4.69) is 37.2 Å². The highest BCUT2D eigenvalue weighted by atomic mass is 79.9. The predicted octanol–water partition coefficient (Wildman–Crippen LogP) is 4.37. The van der Waals surface area contributed by atoms with E-state index in [0.717, 1.165) is 21.1 Å². The fourth-order valence-electron chi connectivity index (χ4n) is 1.58. The number of amides is 1. The normalized spacial score (nSPS) is 12.3. The Morgan fingerprint density at radius 3 is 2.52 bits per heavy atom. The van der Waals surface area contributed by atoms with Crippen LogP contribution in [0.2, 0.25) is 0 Å². The summed E-state index contributed by atoms with van der Waals surface area (Å²) in [5.41, 5.74) is 0. The van der Waals surface area contributed by atoms with Crippen LogP contribution in [0.3, 0.4) is 0 Å². The van der Waals surface area contributed by atoms with Gasteiger partial charge in [-0.2, -0.15) is 0 Å². The minimum atomic E-state index is -0.631. The molecule has 0 saturated heterocycles. The summed E-state index contributed by atoms with van der Waals surface area (Å²) in [7, 11) is 0. The third-order valence-electron chi connectivity index (χ3n) is 2.82. The van der Waals surface area contributed by atoms with Gasteiger partial charge in [-0.15, -0.1) is 11.3 Å². The van der Waals surface area contributed by atoms with E-state index in [1.54, 1.807) is 6.07 Å². The maximum atomic E-state index is 12.2. The lowest BCUT2D eigenvalue weighted by atomic mass is 10.0. The van der Waals surface area contributed by atoms with E-state index < -0.39 is 6.04 Å². The van der Waals surface area contributed by atoms with Crippen LogP contribution in [-0.2, 0) is 9.53 Å². The lowest BCUT2D eigenvalue weighted by Gasteiger charge is -2.20. The van der Waals surface area contributed by atoms with Gasteiger partial charge in [-0.05, 0) is 50.3 Å². The molecule has 21 heavy (non-hydrogen) atoms. The largest absolute Gasteiger partial charge is 0.464 e. The molecular formula is C14H19Br2NO3S. The number of ether oxygens (including phenoxy) is 1. The van der Waals surface area contributed by atoms with Gasteiger partial charge in [0, 0.05) is 4.47 Å². The van der Waals surface area contributed by atoms with E-state index in [4.69, 9.17) is 4.74 Å². The molecule has 0 aliphatic heterocycles. The van der Waals surface area contributed by atoms with Gasteiger partial charge in [0.15, 0.2) is 0 Å². The third-order valence-corrected chi connectivity index (χ3v) is 6.07. The molecule has 0 unspecified atom stereocenters. The topological polar surface area (TPSA) is 55.4 Å². The van der Waals surface area contributed by atoms with Gasteiger partial charge in [-0.25, -0.2) is 4.79 Å². The molecule has 1 aromatic heterocycles. The van der Waals surface area contributed by atoms with Crippen molar-refractivity contribution < 1.29 is 14.3 Å². The summed E-state index contributed by atoms with van der Waals surface area (Å²) >= 11 is 8.01. The molecule has 0 fully saturated rings. The molecule has 4 nitrogen and oxygen atoms in total. The van der Waals surface area contributed by atoms with E-state index in [1.165, 1.54) is 11.3 Å². The summed E-state index contributed by atoms with van der Waals surface area (Å²) in [6.07, 6.45) is 1.79. The minimum Gasteiger partial charge on any atom is -0.464 e. The first-order valence-corrected chi connectivity index (χ1v) is 9.19. The summed E-state index contributed by atoms with van der Waals surface area (Å²) in [4.78, 5) is 24.8. The second-order valence-corrected chi connectivity index (χ2v) is 8.17. The maximum Gasteiger partial charge on any atom is 0.328 e. The molecule has 0 saturated carbocycles. The molecule has 7 heteroatoms. The molecule has 1 amide bonds. The Hall–Kier alpha value is -0.400. The molecule has 0 spiro atoms. The van der Waals surface area contributed by atoms with E-state index in [-0.39, 0.29) is 17.8 Å². The van der Waals surface area contributed by atoms with E-state index in [0.29, 0.717) is 11.5 Å². The number of halogens is 2. The summed E-state index contributed by atoms with van der Waals surface area (Å²) in [6.45, 7) is 6.19. The monoisotopic (exact) mass is 439 g/mol. The maximum absolute atomic E-state index is 12.2. The Bertz CT molecular complexity index is 483. The van der Waals surface area contributed by atoms with Gasteiger partial charge in [-0.1, -0.05) is 27.2 Å². The van der Waals surface area contributed by atoms with E-state index in [1.807, 2.05) is 20.8 Å². The number of thiophene rings is 1. The molecule has 1 atom stereocenters. The van der Waals surface area contributed by atoms with Crippen molar-refractivity contribution in [3.63, 3.8) is 0 Å². The second kappa shape index (κ2) is 8.90. The number of unbranched alkanes of at least 4 members (excludes halogenated alkanes) is 1. The predicted molar refractivity (Wildman–Crippen MR) is 91.7 cm³/mol. The van der Waals surface area contributed by atoms with Crippen molar-refractivity contribution in [1.29, 1.82) is 0 Å². The molecule has 0 aliphatic rings. The Labute approximate surface area is 145 Å². The number of hydrogen-bond donors (Lipinski definition) is 1. The summed E-state index contributed by atoms with van der Waals surface area (Å²) < 4.78 is 6.87. The van der Waals surface area contributed by atoms with Crippen molar-refractivity contribution in [2.75, 3.05) is 6.61 Å². The lowest BCUT2D eigenvalue weighted by molar-refractivity contribution is -0.147. The first-order valence-electron chi connectivity index (χ1n) is 6.79. The standard InChI is InChI=1S/C14H19Br2NO3S/c1-4-5-6-20-14(19)11(8(2)3)17-13(18)10-7-9(15)12(16)21-10/h7-8,11H,4-6H2,1-3H3,(H,17,18)/t11-/m0/s1. The van der Waals surface area contributed by atoms with Crippen molar-refractivity contribution in [1.82, 2.24) is 5.32 Å². The molecule has 0 radical (unpaired) electrons. The number of hydrogen-bond acceptors (Lipinski definition) is 4. The molecule has 1 rings (SSSR count). The Morgan fingerprint density at radius 2 is 2.05 bits per heavy atom. The van der Waals surface area contributed by atoms with Gasteiger partial charge < -0.3 is 10.1 Å². The lowest BCUT2D eigenvalue weighted by Crippen LogP contribution is -2.45. The fourth-order valence-corrected chi connectivity index (χ4v) is 3.51. The van der Waals surface area contributed by atoms with E-state index in [9.17, 15) is 9.59 Å². The van der Waals surface area contributed by atoms with Gasteiger partial charge in [0.2, 0.25) is 0 Å². The molecule has 0 bridgehead atoms. The number of carbonyl (C=O) groups excluding carboxylic acids is 2. The number of rotatable bonds is 7. The first kappa shape index (κ1) is 18.6. The molecule has 1 N–H and O–H groups in total. The second-order valence-electron chi connectivity index (χ2n) is 4.95. The highest BCUT2D eigenvalue weighted by molar-refractivity contribution is 9.13. The SMILES string of the molecule is CCCCOC(=O)[C@@H](NC(=O)c1cc(Br)c(Br)s1)C(C)C. The van der Waals surface area contributed by atoms with Crippen LogP contribution in [0.4, 0.5) is 0 Å². The summed E-state index contributed by atoms with van der Waals surface area (Å²) in [5.74, 6) is -0.672. The molecule has 0 aromatic carbocycles. The van der Waals surface area contributed by atoms with Crippen molar-refractivity contribution in [3.8, 4) is 0 Å². The zero-order valence-electron chi connectivity index (χ0n) is 12.2. The van der Waals surface area contributed by atoms with Crippen LogP contribution < -0.4 is 5.32 Å². The van der Waals surface area contributed by atoms with Gasteiger partial charge in [0.05, 0.1) is 15.3 Å². The van der Waals surface area contributed by atoms with Crippen molar-refractivity contribution >= 4 is 55.1 Å². The number of nitrogens with one attached hydrogen (secondary N) is 1. The van der Waals surface area contributed by atoms with Gasteiger partial charge in [0.25, 0.3) is 5.91 Å². The highest BCUT2D eigenvalue weighted by Gasteiger charge is 2.26. The van der Waals surface area contributed by atoms with Crippen LogP contribution in [0, 0.1) is 5.92 Å². The summed E-state index contributed by atoms with van der Waals surface area (Å²) in [5, 5.41) is 2.76. The molecule has 1 aromatic rings. The van der Waals surface area contributed by atoms with Crippen molar-refractivity contribution in [2.45, 2.75) is 39.7 Å². The van der Waals surface area contributed by atoms with Gasteiger partial charge in [0.1, 0.15) is 6.04 Å². The van der Waals surface area contributed by atoms with E-state index >= 15 is 0 Å². The fraction of sp³-hybridized carbons (Fsp3) is 0.571. The smallest absolute Gasteiger partial charge is 0.328 e. The third kappa shape index (κ3) is 5.71. The van der Waals surface area contributed by atoms with Gasteiger partial charge in [-0.3, -0.25) is 4.79 Å². The molecular weight excluding hydrogens is 422 g/mol. The Balaban J connectivity index is 2.69. The van der Waals surface area contributed by atoms with Crippen LogP contribution in [-0.4, -0.2) is 24.5 Å². The molecule has 0 aliphatic carbocycles. The molecule has 1 heterocycles. The van der Waals surface area contributed by atoms with Crippen molar-refractivity contribution in [2.24, 2.45) is 5.92 Å². The van der Waals surface area contributed by atoms with Crippen LogP contribution in [0.1, 0.15) is 43.3 Å². The van der Waals surface area contributed by atoms with Crippen LogP contribution >= 0.6 is 43.2 Å². The Morgan fingerprint density at radius 1 is 1.38 bits per heavy atom. The molecule has 118 valence electrons. The van der Waals surface area contributed by atoms with Crippen LogP contribution in [0.15, 0.2) is 14.3 Å². The quantitative estimate of drug-likeness (QED) is 0.505. The average Bonchev–Trinajstić information content (AvgIpc) is 2.75. The van der Waals surface area contributed by atoms with Crippen LogP contribution in [0.25, 0.3) is 0 Å². The zero-order valence-corrected chi connectivity index (χ0v) is 16.2. The first-order chi connectivity index (χ1) is 9.86. The highest BCUT2D eigenvalue weighted by Crippen LogP contribution is 2.32. The number of carbonyl (C=O) groups is 2. The van der Waals surface area contributed by atoms with Crippen molar-refractivity contribution in [3.05, 3.63) is 19.2 Å².